The molecule has 0 aliphatic heterocycles. The van der Waals surface area contributed by atoms with E-state index in [1.807, 2.05) is 0 Å². The van der Waals surface area contributed by atoms with Crippen molar-refractivity contribution in [1.29, 1.82) is 0 Å². The maximum absolute atomic E-state index is 12.3. The van der Waals surface area contributed by atoms with Crippen molar-refractivity contribution >= 4 is 0 Å². The Kier molecular flexibility index (Phi) is 5.07. The van der Waals surface area contributed by atoms with Crippen LogP contribution in [0, 0.1) is 0 Å². The first-order valence-corrected chi connectivity index (χ1v) is 3.78. The predicted octanol–water partition coefficient (Wildman–Crippen LogP) is 3.03. The number of hydrogen-bond donors (Lipinski definition) is 0. The molecule has 0 spiro atoms. The molecule has 0 fully saturated rings. The Morgan fingerprint density at radius 1 is 0.824 bits per heavy atom. The molecule has 0 bridgehead atoms. The standard InChI is InChI=1S/C6H5F9O2/c7-1-3(2-8)16-17-6(14,15)4(9,10)5(11,12)13/h3H,1-2H2. The Labute approximate surface area is 88.2 Å². The average molecular weight is 280 g/mol. The predicted molar refractivity (Wildman–Crippen MR) is 33.9 cm³/mol. The molecule has 17 heavy (non-hydrogen) atoms. The number of hydrogen-bond acceptors (Lipinski definition) is 2. The van der Waals surface area contributed by atoms with Crippen molar-refractivity contribution in [3.63, 3.8) is 0 Å². The first-order valence-electron chi connectivity index (χ1n) is 3.78. The van der Waals surface area contributed by atoms with E-state index < -0.39 is 37.7 Å². The van der Waals surface area contributed by atoms with Crippen molar-refractivity contribution in [2.45, 2.75) is 24.3 Å². The maximum atomic E-state index is 12.3. The Balaban J connectivity index is 4.68. The SMILES string of the molecule is FCC(CF)OOC(F)(F)C(F)(F)C(F)(F)F. The summed E-state index contributed by atoms with van der Waals surface area (Å²) in [5.41, 5.74) is 0. The Bertz CT molecular complexity index is 234. The lowest BCUT2D eigenvalue weighted by Gasteiger charge is -2.27. The zero-order chi connectivity index (χ0) is 13.9. The van der Waals surface area contributed by atoms with Gasteiger partial charge < -0.3 is 0 Å². The minimum Gasteiger partial charge on any atom is -0.248 e. The first-order chi connectivity index (χ1) is 7.49. The second-order valence-electron chi connectivity index (χ2n) is 2.70. The molecule has 0 radical (unpaired) electrons. The van der Waals surface area contributed by atoms with Crippen LogP contribution >= 0.6 is 0 Å². The molecule has 0 atom stereocenters. The van der Waals surface area contributed by atoms with Crippen LogP contribution in [0.25, 0.3) is 0 Å². The van der Waals surface area contributed by atoms with E-state index in [2.05, 4.69) is 9.78 Å². The molecule has 0 amide bonds. The van der Waals surface area contributed by atoms with E-state index in [0.717, 1.165) is 0 Å². The monoisotopic (exact) mass is 280 g/mol. The molecule has 0 saturated carbocycles. The van der Waals surface area contributed by atoms with Crippen molar-refractivity contribution in [1.82, 2.24) is 0 Å². The summed E-state index contributed by atoms with van der Waals surface area (Å²) < 4.78 is 107. The van der Waals surface area contributed by atoms with E-state index in [-0.39, 0.29) is 0 Å². The van der Waals surface area contributed by atoms with Gasteiger partial charge in [-0.05, 0) is 0 Å². The van der Waals surface area contributed by atoms with Gasteiger partial charge in [0.05, 0.1) is 0 Å². The fourth-order valence-electron chi connectivity index (χ4n) is 0.438. The van der Waals surface area contributed by atoms with Crippen LogP contribution in [-0.4, -0.2) is 37.7 Å². The Hall–Kier alpha value is -0.710. The molecular formula is C6H5F9O2. The number of halogens is 9. The highest BCUT2D eigenvalue weighted by Gasteiger charge is 2.75. The minimum atomic E-state index is -6.61. The molecule has 104 valence electrons. The van der Waals surface area contributed by atoms with Crippen LogP contribution in [0.1, 0.15) is 0 Å². The third-order valence-corrected chi connectivity index (χ3v) is 1.35. The topological polar surface area (TPSA) is 18.5 Å². The van der Waals surface area contributed by atoms with Crippen molar-refractivity contribution in [3.8, 4) is 0 Å². The maximum Gasteiger partial charge on any atom is 0.462 e. The molecule has 0 unspecified atom stereocenters. The molecule has 0 N–H and O–H groups in total. The van der Waals surface area contributed by atoms with E-state index >= 15 is 0 Å². The van der Waals surface area contributed by atoms with Gasteiger partial charge in [-0.3, -0.25) is 0 Å². The van der Waals surface area contributed by atoms with Crippen LogP contribution < -0.4 is 0 Å². The lowest BCUT2D eigenvalue weighted by atomic mass is 10.3. The van der Waals surface area contributed by atoms with Crippen LogP contribution in [0.3, 0.4) is 0 Å². The highest BCUT2D eigenvalue weighted by molar-refractivity contribution is 4.84. The van der Waals surface area contributed by atoms with Gasteiger partial charge in [-0.15, -0.1) is 0 Å². The van der Waals surface area contributed by atoms with Crippen LogP contribution in [0.15, 0.2) is 0 Å². The van der Waals surface area contributed by atoms with E-state index in [0.29, 0.717) is 0 Å². The fourth-order valence-corrected chi connectivity index (χ4v) is 0.438. The molecular weight excluding hydrogens is 275 g/mol. The Morgan fingerprint density at radius 3 is 1.53 bits per heavy atom. The van der Waals surface area contributed by atoms with E-state index in [9.17, 15) is 39.5 Å². The van der Waals surface area contributed by atoms with Crippen molar-refractivity contribution in [2.75, 3.05) is 13.3 Å². The van der Waals surface area contributed by atoms with Gasteiger partial charge in [-0.25, -0.2) is 13.7 Å². The molecule has 0 aliphatic rings. The zero-order valence-electron chi connectivity index (χ0n) is 7.71. The normalized spacial score (nSPS) is 14.5. The molecule has 11 heteroatoms. The summed E-state index contributed by atoms with van der Waals surface area (Å²) in [6.45, 7) is -3.49. The van der Waals surface area contributed by atoms with Gasteiger partial charge in [-0.2, -0.15) is 35.6 Å². The summed E-state index contributed by atoms with van der Waals surface area (Å²) in [5, 5.41) is 0. The minimum absolute atomic E-state index is 1.75. The van der Waals surface area contributed by atoms with E-state index in [1.165, 1.54) is 0 Å². The third kappa shape index (κ3) is 3.63. The highest BCUT2D eigenvalue weighted by atomic mass is 19.4. The summed E-state index contributed by atoms with van der Waals surface area (Å²) in [4.78, 5) is 5.59. The van der Waals surface area contributed by atoms with E-state index in [4.69, 9.17) is 0 Å². The molecule has 0 saturated heterocycles. The molecule has 0 heterocycles. The highest BCUT2D eigenvalue weighted by Crippen LogP contribution is 2.47. The lowest BCUT2D eigenvalue weighted by molar-refractivity contribution is -0.523. The van der Waals surface area contributed by atoms with Gasteiger partial charge >= 0.3 is 18.2 Å². The van der Waals surface area contributed by atoms with Crippen LogP contribution in [-0.2, 0) is 9.78 Å². The largest absolute Gasteiger partial charge is 0.462 e. The molecule has 2 nitrogen and oxygen atoms in total. The first kappa shape index (κ1) is 16.3. The smallest absolute Gasteiger partial charge is 0.248 e. The van der Waals surface area contributed by atoms with Crippen LogP contribution in [0.4, 0.5) is 39.5 Å². The van der Waals surface area contributed by atoms with Crippen LogP contribution in [0.5, 0.6) is 0 Å². The Morgan fingerprint density at radius 2 is 1.24 bits per heavy atom. The van der Waals surface area contributed by atoms with Crippen LogP contribution in [0.2, 0.25) is 0 Å². The van der Waals surface area contributed by atoms with Gasteiger partial charge in [0.25, 0.3) is 0 Å². The summed E-state index contributed by atoms with van der Waals surface area (Å²) >= 11 is 0. The lowest BCUT2D eigenvalue weighted by Crippen LogP contribution is -2.53. The van der Waals surface area contributed by atoms with E-state index in [1.54, 1.807) is 0 Å². The van der Waals surface area contributed by atoms with Gasteiger partial charge in [0.2, 0.25) is 0 Å². The molecule has 0 aromatic heterocycles. The third-order valence-electron chi connectivity index (χ3n) is 1.35. The van der Waals surface area contributed by atoms with Gasteiger partial charge in [0, 0.05) is 0 Å². The molecule has 0 aromatic rings. The fraction of sp³-hybridized carbons (Fsp3) is 1.00. The summed E-state index contributed by atoms with van der Waals surface area (Å²) in [6, 6.07) is 0. The second-order valence-corrected chi connectivity index (χ2v) is 2.70. The van der Waals surface area contributed by atoms with Crippen molar-refractivity contribution in [2.24, 2.45) is 0 Å². The quantitative estimate of drug-likeness (QED) is 0.423. The van der Waals surface area contributed by atoms with Gasteiger partial charge in [-0.1, -0.05) is 0 Å². The number of alkyl halides is 9. The van der Waals surface area contributed by atoms with Gasteiger partial charge in [0.1, 0.15) is 19.5 Å². The van der Waals surface area contributed by atoms with Gasteiger partial charge in [0.15, 0.2) is 0 Å². The second kappa shape index (κ2) is 5.29. The molecule has 0 rings (SSSR count). The van der Waals surface area contributed by atoms with Crippen molar-refractivity contribution in [3.05, 3.63) is 0 Å². The summed E-state index contributed by atoms with van der Waals surface area (Å²) in [7, 11) is 0. The molecule has 0 aromatic carbocycles. The number of rotatable bonds is 6. The molecule has 0 aliphatic carbocycles. The average Bonchev–Trinajstić information content (AvgIpc) is 2.17. The summed E-state index contributed by atoms with van der Waals surface area (Å²) in [5.74, 6) is -6.56. The zero-order valence-corrected chi connectivity index (χ0v) is 7.71. The summed E-state index contributed by atoms with van der Waals surface area (Å²) in [6.07, 6.45) is -15.0. The van der Waals surface area contributed by atoms with Crippen molar-refractivity contribution < 1.29 is 49.3 Å².